The molecule has 4 N–H and O–H groups in total. The number of carbonyl (C=O) groups is 2. The summed E-state index contributed by atoms with van der Waals surface area (Å²) in [5, 5.41) is 14.2. The van der Waals surface area contributed by atoms with Crippen LogP contribution in [-0.2, 0) is 11.2 Å². The Morgan fingerprint density at radius 1 is 1.33 bits per heavy atom. The number of amides is 2. The van der Waals surface area contributed by atoms with Gasteiger partial charge in [-0.15, -0.1) is 0 Å². The van der Waals surface area contributed by atoms with E-state index in [-0.39, 0.29) is 6.42 Å². The summed E-state index contributed by atoms with van der Waals surface area (Å²) in [4.78, 5) is 29.6. The molecule has 2 aromatic rings. The second-order valence-corrected chi connectivity index (χ2v) is 5.52. The molecule has 2 amide bonds. The van der Waals surface area contributed by atoms with Gasteiger partial charge in [0.1, 0.15) is 6.04 Å². The molecule has 1 aromatic heterocycles. The van der Waals surface area contributed by atoms with Gasteiger partial charge in [-0.3, -0.25) is 0 Å². The van der Waals surface area contributed by atoms with Gasteiger partial charge in [-0.1, -0.05) is 0 Å². The lowest BCUT2D eigenvalue weighted by atomic mass is 10.2. The minimum atomic E-state index is -1.11. The van der Waals surface area contributed by atoms with Crippen molar-refractivity contribution in [3.63, 3.8) is 0 Å². The average Bonchev–Trinajstić information content (AvgIpc) is 2.93. The third kappa shape index (κ3) is 4.74. The third-order valence-corrected chi connectivity index (χ3v) is 3.40. The molecule has 1 atom stereocenters. The maximum absolute atomic E-state index is 11.8. The Kier molecular flexibility index (Phi) is 5.14. The molecule has 0 spiro atoms. The Morgan fingerprint density at radius 2 is 2.05 bits per heavy atom. The molecule has 8 heteroatoms. The average molecular weight is 400 g/mol. The van der Waals surface area contributed by atoms with Crippen LogP contribution in [0.2, 0.25) is 0 Å². The molecular formula is C13H13IN4O3. The number of aliphatic carboxylic acids is 1. The summed E-state index contributed by atoms with van der Waals surface area (Å²) < 4.78 is 1.04. The fourth-order valence-electron chi connectivity index (χ4n) is 1.67. The van der Waals surface area contributed by atoms with E-state index in [9.17, 15) is 9.59 Å². The zero-order chi connectivity index (χ0) is 15.2. The normalized spacial score (nSPS) is 11.7. The van der Waals surface area contributed by atoms with Gasteiger partial charge in [0.2, 0.25) is 0 Å². The Hall–Kier alpha value is -2.10. The zero-order valence-electron chi connectivity index (χ0n) is 10.8. The Balaban J connectivity index is 1.95. The number of nitrogens with zero attached hydrogens (tertiary/aromatic N) is 1. The molecule has 2 rings (SSSR count). The SMILES string of the molecule is O=C(Nc1ccc(I)cc1)NC(Cc1cnc[nH]1)C(=O)O. The number of halogens is 1. The molecule has 0 saturated carbocycles. The lowest BCUT2D eigenvalue weighted by Gasteiger charge is -2.14. The topological polar surface area (TPSA) is 107 Å². The van der Waals surface area contributed by atoms with E-state index in [1.54, 1.807) is 12.1 Å². The van der Waals surface area contributed by atoms with Gasteiger partial charge in [0.05, 0.1) is 6.33 Å². The molecule has 0 fully saturated rings. The summed E-state index contributed by atoms with van der Waals surface area (Å²) in [5.74, 6) is -1.11. The standard InChI is InChI=1S/C13H13IN4O3/c14-8-1-3-9(4-2-8)17-13(21)18-11(12(19)20)5-10-6-15-7-16-10/h1-4,6-7,11H,5H2,(H,15,16)(H,19,20)(H2,17,18,21). The number of hydrogen-bond acceptors (Lipinski definition) is 3. The highest BCUT2D eigenvalue weighted by atomic mass is 127. The van der Waals surface area contributed by atoms with E-state index in [0.717, 1.165) is 3.57 Å². The van der Waals surface area contributed by atoms with E-state index in [1.807, 2.05) is 12.1 Å². The number of carboxylic acids is 1. The Bertz CT molecular complexity index is 613. The predicted molar refractivity (Wildman–Crippen MR) is 85.0 cm³/mol. The number of imidazole rings is 1. The smallest absolute Gasteiger partial charge is 0.326 e. The summed E-state index contributed by atoms with van der Waals surface area (Å²) in [7, 11) is 0. The maximum Gasteiger partial charge on any atom is 0.326 e. The largest absolute Gasteiger partial charge is 0.480 e. The lowest BCUT2D eigenvalue weighted by molar-refractivity contribution is -0.139. The van der Waals surface area contributed by atoms with Crippen molar-refractivity contribution < 1.29 is 14.7 Å². The first-order valence-corrected chi connectivity index (χ1v) is 7.15. The van der Waals surface area contributed by atoms with E-state index in [1.165, 1.54) is 12.5 Å². The highest BCUT2D eigenvalue weighted by molar-refractivity contribution is 14.1. The Labute approximate surface area is 134 Å². The maximum atomic E-state index is 11.8. The number of hydrogen-bond donors (Lipinski definition) is 4. The van der Waals surface area contributed by atoms with Crippen molar-refractivity contribution in [3.8, 4) is 0 Å². The number of carboxylic acid groups (broad SMARTS) is 1. The van der Waals surface area contributed by atoms with Gasteiger partial charge in [0.25, 0.3) is 0 Å². The van der Waals surface area contributed by atoms with Gasteiger partial charge >= 0.3 is 12.0 Å². The molecule has 0 aliphatic heterocycles. The van der Waals surface area contributed by atoms with Crippen LogP contribution in [0.3, 0.4) is 0 Å². The molecule has 0 saturated heterocycles. The van der Waals surface area contributed by atoms with Gasteiger partial charge in [-0.2, -0.15) is 0 Å². The molecule has 0 aliphatic rings. The number of H-pyrrole nitrogens is 1. The third-order valence-electron chi connectivity index (χ3n) is 2.68. The molecule has 21 heavy (non-hydrogen) atoms. The molecule has 1 unspecified atom stereocenters. The van der Waals surface area contributed by atoms with Crippen LogP contribution >= 0.6 is 22.6 Å². The number of carbonyl (C=O) groups excluding carboxylic acids is 1. The number of urea groups is 1. The minimum absolute atomic E-state index is 0.134. The van der Waals surface area contributed by atoms with E-state index >= 15 is 0 Å². The summed E-state index contributed by atoms with van der Waals surface area (Å²) in [6, 6.07) is 5.57. The quantitative estimate of drug-likeness (QED) is 0.575. The summed E-state index contributed by atoms with van der Waals surface area (Å²) in [6.45, 7) is 0. The van der Waals surface area contributed by atoms with Crippen LogP contribution in [0, 0.1) is 3.57 Å². The van der Waals surface area contributed by atoms with Gasteiger partial charge in [-0.25, -0.2) is 14.6 Å². The van der Waals surface area contributed by atoms with E-state index in [0.29, 0.717) is 11.4 Å². The number of aromatic nitrogens is 2. The monoisotopic (exact) mass is 400 g/mol. The van der Waals surface area contributed by atoms with Crippen LogP contribution < -0.4 is 10.6 Å². The molecule has 110 valence electrons. The molecule has 1 heterocycles. The fraction of sp³-hybridized carbons (Fsp3) is 0.154. The van der Waals surface area contributed by atoms with Crippen molar-refractivity contribution in [1.29, 1.82) is 0 Å². The van der Waals surface area contributed by atoms with Crippen molar-refractivity contribution >= 4 is 40.3 Å². The number of benzene rings is 1. The van der Waals surface area contributed by atoms with Gasteiger partial charge in [0.15, 0.2) is 0 Å². The number of nitrogens with one attached hydrogen (secondary N) is 3. The van der Waals surface area contributed by atoms with Gasteiger partial charge in [0, 0.05) is 27.6 Å². The van der Waals surface area contributed by atoms with Crippen molar-refractivity contribution in [2.75, 3.05) is 5.32 Å². The van der Waals surface area contributed by atoms with Crippen molar-refractivity contribution in [1.82, 2.24) is 15.3 Å². The van der Waals surface area contributed by atoms with Crippen LogP contribution in [0.15, 0.2) is 36.8 Å². The van der Waals surface area contributed by atoms with Crippen LogP contribution in [0.5, 0.6) is 0 Å². The van der Waals surface area contributed by atoms with Crippen LogP contribution in [0.25, 0.3) is 0 Å². The summed E-state index contributed by atoms with van der Waals surface area (Å²) in [5.41, 5.74) is 1.23. The molecule has 0 radical (unpaired) electrons. The van der Waals surface area contributed by atoms with Crippen LogP contribution in [0.1, 0.15) is 5.69 Å². The van der Waals surface area contributed by atoms with E-state index < -0.39 is 18.0 Å². The summed E-state index contributed by atoms with van der Waals surface area (Å²) in [6.07, 6.45) is 3.12. The van der Waals surface area contributed by atoms with Crippen molar-refractivity contribution in [2.24, 2.45) is 0 Å². The van der Waals surface area contributed by atoms with Gasteiger partial charge < -0.3 is 20.7 Å². The second-order valence-electron chi connectivity index (χ2n) is 4.28. The van der Waals surface area contributed by atoms with E-state index in [4.69, 9.17) is 5.11 Å². The van der Waals surface area contributed by atoms with E-state index in [2.05, 4.69) is 43.2 Å². The molecular weight excluding hydrogens is 387 g/mol. The first-order valence-electron chi connectivity index (χ1n) is 6.08. The number of rotatable bonds is 5. The molecule has 1 aromatic carbocycles. The fourth-order valence-corrected chi connectivity index (χ4v) is 2.03. The van der Waals surface area contributed by atoms with Crippen molar-refractivity contribution in [3.05, 3.63) is 46.1 Å². The van der Waals surface area contributed by atoms with Crippen molar-refractivity contribution in [2.45, 2.75) is 12.5 Å². The van der Waals surface area contributed by atoms with Crippen LogP contribution in [-0.4, -0.2) is 33.1 Å². The van der Waals surface area contributed by atoms with Crippen LogP contribution in [0.4, 0.5) is 10.5 Å². The first kappa shape index (κ1) is 15.3. The Morgan fingerprint density at radius 3 is 2.62 bits per heavy atom. The summed E-state index contributed by atoms with van der Waals surface area (Å²) >= 11 is 2.16. The second kappa shape index (κ2) is 7.07. The number of aromatic amines is 1. The molecule has 7 nitrogen and oxygen atoms in total. The molecule has 0 aliphatic carbocycles. The predicted octanol–water partition coefficient (Wildman–Crippen LogP) is 1.83. The number of anilines is 1. The zero-order valence-corrected chi connectivity index (χ0v) is 13.0. The highest BCUT2D eigenvalue weighted by Gasteiger charge is 2.21. The van der Waals surface area contributed by atoms with Gasteiger partial charge in [-0.05, 0) is 46.9 Å². The first-order chi connectivity index (χ1) is 10.0. The minimum Gasteiger partial charge on any atom is -0.480 e. The molecule has 0 bridgehead atoms. The highest BCUT2D eigenvalue weighted by Crippen LogP contribution is 2.11. The lowest BCUT2D eigenvalue weighted by Crippen LogP contribution is -2.44.